The van der Waals surface area contributed by atoms with E-state index in [9.17, 15) is 9.59 Å². The van der Waals surface area contributed by atoms with Gasteiger partial charge in [-0.3, -0.25) is 4.79 Å². The number of amides is 2. The highest BCUT2D eigenvalue weighted by molar-refractivity contribution is 14.1. The zero-order valence-corrected chi connectivity index (χ0v) is 11.2. The highest BCUT2D eigenvalue weighted by Gasteiger charge is 2.39. The first-order valence-corrected chi connectivity index (χ1v) is 5.86. The van der Waals surface area contributed by atoms with Crippen LogP contribution >= 0.6 is 22.6 Å². The van der Waals surface area contributed by atoms with Crippen molar-refractivity contribution in [3.05, 3.63) is 0 Å². The first-order chi connectivity index (χ1) is 7.36. The van der Waals surface area contributed by atoms with Gasteiger partial charge in [0.25, 0.3) is 0 Å². The first-order valence-electron chi connectivity index (χ1n) is 4.78. The number of carbonyl (C=O) groups excluding carboxylic acids is 1. The van der Waals surface area contributed by atoms with Gasteiger partial charge in [-0.25, -0.2) is 4.79 Å². The van der Waals surface area contributed by atoms with Crippen LogP contribution in [0.4, 0.5) is 4.79 Å². The second-order valence-corrected chi connectivity index (χ2v) is 4.74. The Morgan fingerprint density at radius 3 is 2.50 bits per heavy atom. The highest BCUT2D eigenvalue weighted by Crippen LogP contribution is 2.19. The maximum absolute atomic E-state index is 11.9. The molecule has 88 valence electrons. The summed E-state index contributed by atoms with van der Waals surface area (Å²) in [5.41, 5.74) is -1.07. The fourth-order valence-electron chi connectivity index (χ4n) is 1.53. The van der Waals surface area contributed by atoms with Crippen LogP contribution in [0.2, 0.25) is 0 Å². The SMILES string of the molecule is CC(C)(NC(=O)O)C(=O)N1CC(C#CI)C1. The minimum Gasteiger partial charge on any atom is -0.465 e. The van der Waals surface area contributed by atoms with Crippen molar-refractivity contribution in [2.75, 3.05) is 13.1 Å². The molecule has 16 heavy (non-hydrogen) atoms. The van der Waals surface area contributed by atoms with Crippen LogP contribution in [0, 0.1) is 15.8 Å². The van der Waals surface area contributed by atoms with Gasteiger partial charge >= 0.3 is 6.09 Å². The summed E-state index contributed by atoms with van der Waals surface area (Å²) in [6.45, 7) is 4.28. The van der Waals surface area contributed by atoms with Crippen LogP contribution in [0.3, 0.4) is 0 Å². The minimum absolute atomic E-state index is 0.207. The third-order valence-corrected chi connectivity index (χ3v) is 2.69. The van der Waals surface area contributed by atoms with E-state index in [0.717, 1.165) is 0 Å². The van der Waals surface area contributed by atoms with Gasteiger partial charge < -0.3 is 15.3 Å². The van der Waals surface area contributed by atoms with E-state index in [1.807, 2.05) is 22.6 Å². The quantitative estimate of drug-likeness (QED) is 0.581. The molecule has 1 rings (SSSR count). The predicted octanol–water partition coefficient (Wildman–Crippen LogP) is 0.887. The Morgan fingerprint density at radius 2 is 2.06 bits per heavy atom. The fourth-order valence-corrected chi connectivity index (χ4v) is 1.97. The summed E-state index contributed by atoms with van der Waals surface area (Å²) in [5.74, 6) is 2.98. The number of carbonyl (C=O) groups is 2. The smallest absolute Gasteiger partial charge is 0.405 e. The van der Waals surface area contributed by atoms with Crippen molar-refractivity contribution >= 4 is 34.6 Å². The number of hydrogen-bond donors (Lipinski definition) is 2. The van der Waals surface area contributed by atoms with Gasteiger partial charge in [-0.1, -0.05) is 5.92 Å². The van der Waals surface area contributed by atoms with Gasteiger partial charge in [-0.15, -0.1) is 0 Å². The predicted molar refractivity (Wildman–Crippen MR) is 67.1 cm³/mol. The molecule has 1 aliphatic rings. The van der Waals surface area contributed by atoms with E-state index in [-0.39, 0.29) is 11.8 Å². The molecular formula is C10H13IN2O3. The molecule has 0 saturated carbocycles. The normalized spacial score (nSPS) is 15.8. The van der Waals surface area contributed by atoms with Crippen molar-refractivity contribution in [1.29, 1.82) is 0 Å². The molecule has 0 aliphatic carbocycles. The van der Waals surface area contributed by atoms with Crippen molar-refractivity contribution in [3.8, 4) is 9.85 Å². The zero-order valence-electron chi connectivity index (χ0n) is 9.08. The number of hydrogen-bond acceptors (Lipinski definition) is 2. The number of nitrogens with one attached hydrogen (secondary N) is 1. The van der Waals surface area contributed by atoms with Crippen molar-refractivity contribution < 1.29 is 14.7 Å². The molecule has 0 radical (unpaired) electrons. The number of likely N-dealkylation sites (tertiary alicyclic amines) is 1. The summed E-state index contributed by atoms with van der Waals surface area (Å²) in [7, 11) is 0. The van der Waals surface area contributed by atoms with Crippen molar-refractivity contribution in [1.82, 2.24) is 10.2 Å². The lowest BCUT2D eigenvalue weighted by molar-refractivity contribution is -0.142. The van der Waals surface area contributed by atoms with Gasteiger partial charge in [-0.05, 0) is 17.8 Å². The molecule has 0 spiro atoms. The van der Waals surface area contributed by atoms with Gasteiger partial charge in [0.05, 0.1) is 5.92 Å². The van der Waals surface area contributed by atoms with Crippen molar-refractivity contribution in [2.45, 2.75) is 19.4 Å². The summed E-state index contributed by atoms with van der Waals surface area (Å²) in [6, 6.07) is 0. The number of nitrogens with zero attached hydrogens (tertiary/aromatic N) is 1. The fraction of sp³-hybridized carbons (Fsp3) is 0.600. The van der Waals surface area contributed by atoms with E-state index in [4.69, 9.17) is 5.11 Å². The van der Waals surface area contributed by atoms with Crippen molar-refractivity contribution in [3.63, 3.8) is 0 Å². The molecule has 1 saturated heterocycles. The van der Waals surface area contributed by atoms with E-state index in [1.165, 1.54) is 0 Å². The lowest BCUT2D eigenvalue weighted by atomic mass is 9.96. The van der Waals surface area contributed by atoms with Gasteiger partial charge in [0, 0.05) is 35.7 Å². The third kappa shape index (κ3) is 3.01. The Balaban J connectivity index is 2.52. The molecule has 1 aliphatic heterocycles. The van der Waals surface area contributed by atoms with Crippen molar-refractivity contribution in [2.24, 2.45) is 5.92 Å². The maximum atomic E-state index is 11.9. The Morgan fingerprint density at radius 1 is 1.50 bits per heavy atom. The highest BCUT2D eigenvalue weighted by atomic mass is 127. The van der Waals surface area contributed by atoms with E-state index in [1.54, 1.807) is 18.7 Å². The third-order valence-electron chi connectivity index (χ3n) is 2.38. The summed E-state index contributed by atoms with van der Waals surface area (Å²) in [5, 5.41) is 10.8. The van der Waals surface area contributed by atoms with E-state index in [0.29, 0.717) is 13.1 Å². The molecular weight excluding hydrogens is 323 g/mol. The molecule has 2 N–H and O–H groups in total. The zero-order chi connectivity index (χ0) is 12.3. The molecule has 0 aromatic heterocycles. The maximum Gasteiger partial charge on any atom is 0.405 e. The second kappa shape index (κ2) is 4.91. The Hall–Kier alpha value is -0.970. The van der Waals surface area contributed by atoms with Crippen LogP contribution in [0.15, 0.2) is 0 Å². The molecule has 0 aromatic carbocycles. The summed E-state index contributed by atoms with van der Waals surface area (Å²) in [6.07, 6.45) is -1.19. The minimum atomic E-state index is -1.19. The number of carboxylic acid groups (broad SMARTS) is 1. The molecule has 2 amide bonds. The summed E-state index contributed by atoms with van der Waals surface area (Å²) >= 11 is 1.96. The lowest BCUT2D eigenvalue weighted by Crippen LogP contribution is -2.61. The first kappa shape index (κ1) is 13.1. The average Bonchev–Trinajstić information content (AvgIpc) is 2.07. The second-order valence-electron chi connectivity index (χ2n) is 4.20. The monoisotopic (exact) mass is 336 g/mol. The molecule has 0 bridgehead atoms. The molecule has 1 fully saturated rings. The summed E-state index contributed by atoms with van der Waals surface area (Å²) in [4.78, 5) is 24.0. The van der Waals surface area contributed by atoms with Crippen LogP contribution < -0.4 is 5.32 Å². The molecule has 5 nitrogen and oxygen atoms in total. The van der Waals surface area contributed by atoms with Crippen LogP contribution in [0.25, 0.3) is 0 Å². The largest absolute Gasteiger partial charge is 0.465 e. The van der Waals surface area contributed by atoms with Crippen LogP contribution in [0.1, 0.15) is 13.8 Å². The average molecular weight is 336 g/mol. The Labute approximate surface area is 108 Å². The topological polar surface area (TPSA) is 69.6 Å². The van der Waals surface area contributed by atoms with Crippen LogP contribution in [-0.4, -0.2) is 40.6 Å². The van der Waals surface area contributed by atoms with Crippen LogP contribution in [0.5, 0.6) is 0 Å². The van der Waals surface area contributed by atoms with Gasteiger partial charge in [0.1, 0.15) is 5.54 Å². The van der Waals surface area contributed by atoms with Gasteiger partial charge in [-0.2, -0.15) is 0 Å². The molecule has 1 heterocycles. The number of halogens is 1. The van der Waals surface area contributed by atoms with E-state index < -0.39 is 11.6 Å². The molecule has 0 atom stereocenters. The molecule has 0 aromatic rings. The van der Waals surface area contributed by atoms with Gasteiger partial charge in [0.2, 0.25) is 5.91 Å². The van der Waals surface area contributed by atoms with E-state index >= 15 is 0 Å². The number of rotatable bonds is 2. The standard InChI is InChI=1S/C10H13IN2O3/c1-10(2,12-9(15)16)8(14)13-5-7(6-13)3-4-11/h7,12H,5-6H2,1-2H3,(H,15,16). The molecule has 0 unspecified atom stereocenters. The van der Waals surface area contributed by atoms with E-state index in [2.05, 4.69) is 15.2 Å². The molecule has 6 heteroatoms. The van der Waals surface area contributed by atoms with Gasteiger partial charge in [0.15, 0.2) is 0 Å². The Bertz CT molecular complexity index is 364. The Kier molecular flexibility index (Phi) is 4.02. The lowest BCUT2D eigenvalue weighted by Gasteiger charge is -2.40. The van der Waals surface area contributed by atoms with Crippen LogP contribution in [-0.2, 0) is 4.79 Å². The summed E-state index contributed by atoms with van der Waals surface area (Å²) < 4.78 is 2.77.